The van der Waals surface area contributed by atoms with Crippen molar-refractivity contribution >= 4 is 28.2 Å². The molecule has 0 aliphatic rings. The van der Waals surface area contributed by atoms with Gasteiger partial charge in [-0.05, 0) is 24.6 Å². The fourth-order valence-corrected chi connectivity index (χ4v) is 2.69. The van der Waals surface area contributed by atoms with Crippen LogP contribution in [0.2, 0.25) is 5.02 Å². The molecule has 1 rings (SSSR count). The van der Waals surface area contributed by atoms with Gasteiger partial charge in [0.15, 0.2) is 0 Å². The van der Waals surface area contributed by atoms with Crippen molar-refractivity contribution in [3.8, 4) is 0 Å². The van der Waals surface area contributed by atoms with Crippen molar-refractivity contribution in [3.63, 3.8) is 0 Å². The molecule has 2 nitrogen and oxygen atoms in total. The Bertz CT molecular complexity index is 390. The molecule has 0 fully saturated rings. The van der Waals surface area contributed by atoms with Crippen molar-refractivity contribution in [2.75, 3.05) is 5.75 Å². The first kappa shape index (κ1) is 13.4. The zero-order valence-electron chi connectivity index (χ0n) is 9.24. The third kappa shape index (κ3) is 4.45. The Labute approximate surface area is 103 Å². The smallest absolute Gasteiger partial charge is 0.132 e. The summed E-state index contributed by atoms with van der Waals surface area (Å²) in [6.07, 6.45) is 1.75. The van der Waals surface area contributed by atoms with Crippen molar-refractivity contribution in [3.05, 3.63) is 29.3 Å². The summed E-state index contributed by atoms with van der Waals surface area (Å²) in [5, 5.41) is 0.593. The predicted octanol–water partition coefficient (Wildman–Crippen LogP) is 3.21. The van der Waals surface area contributed by atoms with E-state index >= 15 is 0 Å². The lowest BCUT2D eigenvalue weighted by atomic mass is 10.2. The molecule has 0 heterocycles. The number of hydrogen-bond acceptors (Lipinski definition) is 2. The van der Waals surface area contributed by atoms with Crippen LogP contribution in [0.5, 0.6) is 0 Å². The largest absolute Gasteiger partial charge is 0.300 e. The van der Waals surface area contributed by atoms with Gasteiger partial charge in [-0.2, -0.15) is 0 Å². The van der Waals surface area contributed by atoms with Gasteiger partial charge in [-0.25, -0.2) is 0 Å². The maximum absolute atomic E-state index is 11.8. The molecule has 0 radical (unpaired) electrons. The van der Waals surface area contributed by atoms with Crippen LogP contribution in [-0.2, 0) is 15.6 Å². The molecule has 0 saturated heterocycles. The number of Topliss-reactive ketones (excluding diaryl/α,β-unsaturated/α-hetero) is 1. The monoisotopic (exact) mass is 258 g/mol. The lowest BCUT2D eigenvalue weighted by Crippen LogP contribution is -2.02. The number of benzene rings is 1. The molecule has 1 atom stereocenters. The number of hydrogen-bond donors (Lipinski definition) is 0. The first-order valence-corrected chi connectivity index (χ1v) is 6.99. The Morgan fingerprint density at radius 2 is 2.19 bits per heavy atom. The second kappa shape index (κ2) is 6.81. The number of carbonyl (C=O) groups excluding carboxylic acids is 1. The first-order valence-electron chi connectivity index (χ1n) is 5.29. The Morgan fingerprint density at radius 3 is 2.81 bits per heavy atom. The second-order valence-electron chi connectivity index (χ2n) is 3.50. The average Bonchev–Trinajstić information content (AvgIpc) is 2.28. The van der Waals surface area contributed by atoms with Crippen LogP contribution >= 0.6 is 11.6 Å². The summed E-state index contributed by atoms with van der Waals surface area (Å²) in [4.78, 5) is 11.8. The van der Waals surface area contributed by atoms with Gasteiger partial charge in [-0.1, -0.05) is 24.6 Å². The van der Waals surface area contributed by atoms with E-state index in [2.05, 4.69) is 0 Å². The molecule has 88 valence electrons. The second-order valence-corrected chi connectivity index (χ2v) is 5.51. The minimum Gasteiger partial charge on any atom is -0.300 e. The van der Waals surface area contributed by atoms with E-state index < -0.39 is 10.8 Å². The van der Waals surface area contributed by atoms with E-state index in [4.69, 9.17) is 11.6 Å². The van der Waals surface area contributed by atoms with E-state index in [0.29, 0.717) is 30.0 Å². The van der Waals surface area contributed by atoms with Crippen LogP contribution in [-0.4, -0.2) is 15.7 Å². The third-order valence-electron chi connectivity index (χ3n) is 2.24. The molecule has 4 heteroatoms. The highest BCUT2D eigenvalue weighted by Crippen LogP contribution is 2.15. The molecule has 0 N–H and O–H groups in total. The van der Waals surface area contributed by atoms with Crippen LogP contribution in [0.15, 0.2) is 29.2 Å². The fourth-order valence-electron chi connectivity index (χ4n) is 1.30. The summed E-state index contributed by atoms with van der Waals surface area (Å²) in [6, 6.07) is 7.04. The number of rotatable bonds is 6. The van der Waals surface area contributed by atoms with E-state index in [1.54, 1.807) is 24.3 Å². The van der Waals surface area contributed by atoms with E-state index in [-0.39, 0.29) is 5.78 Å². The molecule has 1 aromatic carbocycles. The van der Waals surface area contributed by atoms with Crippen LogP contribution in [0.1, 0.15) is 26.2 Å². The van der Waals surface area contributed by atoms with Gasteiger partial charge in [0.05, 0.1) is 10.8 Å². The number of halogens is 1. The summed E-state index contributed by atoms with van der Waals surface area (Å²) >= 11 is 5.81. The maximum atomic E-state index is 11.8. The van der Waals surface area contributed by atoms with Gasteiger partial charge in [0, 0.05) is 28.5 Å². The Morgan fingerprint density at radius 1 is 1.44 bits per heavy atom. The van der Waals surface area contributed by atoms with Crippen molar-refractivity contribution in [1.82, 2.24) is 0 Å². The standard InChI is InChI=1S/C12H15ClO2S/c1-2-11(14)6-4-8-16(15)12-7-3-5-10(13)9-12/h3,5,7,9H,2,4,6,8H2,1H3. The van der Waals surface area contributed by atoms with Crippen molar-refractivity contribution in [2.24, 2.45) is 0 Å². The number of carbonyl (C=O) groups is 1. The topological polar surface area (TPSA) is 34.1 Å². The predicted molar refractivity (Wildman–Crippen MR) is 67.3 cm³/mol. The average molecular weight is 259 g/mol. The quantitative estimate of drug-likeness (QED) is 0.785. The van der Waals surface area contributed by atoms with Gasteiger partial charge in [-0.3, -0.25) is 9.00 Å². The minimum atomic E-state index is -1.05. The lowest BCUT2D eigenvalue weighted by molar-refractivity contribution is -0.118. The summed E-state index contributed by atoms with van der Waals surface area (Å²) in [5.41, 5.74) is 0. The van der Waals surface area contributed by atoms with Crippen LogP contribution in [0.25, 0.3) is 0 Å². The molecular weight excluding hydrogens is 244 g/mol. The lowest BCUT2D eigenvalue weighted by Gasteiger charge is -2.02. The molecule has 0 spiro atoms. The zero-order valence-corrected chi connectivity index (χ0v) is 10.8. The van der Waals surface area contributed by atoms with Gasteiger partial charge >= 0.3 is 0 Å². The summed E-state index contributed by atoms with van der Waals surface area (Å²) in [7, 11) is -1.05. The van der Waals surface area contributed by atoms with Crippen molar-refractivity contribution < 1.29 is 9.00 Å². The minimum absolute atomic E-state index is 0.225. The molecular formula is C12H15ClO2S. The van der Waals surface area contributed by atoms with Crippen LogP contribution < -0.4 is 0 Å². The summed E-state index contributed by atoms with van der Waals surface area (Å²) in [5.74, 6) is 0.745. The van der Waals surface area contributed by atoms with Crippen LogP contribution in [0, 0.1) is 0 Å². The molecule has 0 bridgehead atoms. The fraction of sp³-hybridized carbons (Fsp3) is 0.417. The van der Waals surface area contributed by atoms with Gasteiger partial charge < -0.3 is 0 Å². The van der Waals surface area contributed by atoms with E-state index in [1.807, 2.05) is 6.92 Å². The molecule has 0 saturated carbocycles. The molecule has 1 aromatic rings. The van der Waals surface area contributed by atoms with Crippen molar-refractivity contribution in [2.45, 2.75) is 31.1 Å². The number of ketones is 1. The van der Waals surface area contributed by atoms with E-state index in [0.717, 1.165) is 4.90 Å². The van der Waals surface area contributed by atoms with Gasteiger partial charge in [0.1, 0.15) is 5.78 Å². The van der Waals surface area contributed by atoms with Gasteiger partial charge in [-0.15, -0.1) is 0 Å². The Kier molecular flexibility index (Phi) is 5.71. The highest BCUT2D eigenvalue weighted by atomic mass is 35.5. The normalized spacial score (nSPS) is 12.4. The highest BCUT2D eigenvalue weighted by Gasteiger charge is 2.05. The molecule has 0 amide bonds. The Hall–Kier alpha value is -0.670. The maximum Gasteiger partial charge on any atom is 0.132 e. The molecule has 1 unspecified atom stereocenters. The zero-order chi connectivity index (χ0) is 12.0. The van der Waals surface area contributed by atoms with Gasteiger partial charge in [0.2, 0.25) is 0 Å². The molecule has 0 aromatic heterocycles. The van der Waals surface area contributed by atoms with E-state index in [1.165, 1.54) is 0 Å². The summed E-state index contributed by atoms with van der Waals surface area (Å²) < 4.78 is 11.8. The SMILES string of the molecule is CCC(=O)CCCS(=O)c1cccc(Cl)c1. The van der Waals surface area contributed by atoms with Crippen LogP contribution in [0.3, 0.4) is 0 Å². The van der Waals surface area contributed by atoms with Crippen molar-refractivity contribution in [1.29, 1.82) is 0 Å². The summed E-state index contributed by atoms with van der Waals surface area (Å²) in [6.45, 7) is 1.84. The third-order valence-corrected chi connectivity index (χ3v) is 3.91. The molecule has 0 aliphatic carbocycles. The van der Waals surface area contributed by atoms with Gasteiger partial charge in [0.25, 0.3) is 0 Å². The molecule has 16 heavy (non-hydrogen) atoms. The molecule has 0 aliphatic heterocycles. The highest BCUT2D eigenvalue weighted by molar-refractivity contribution is 7.85. The van der Waals surface area contributed by atoms with E-state index in [9.17, 15) is 9.00 Å². The Balaban J connectivity index is 2.44. The van der Waals surface area contributed by atoms with Crippen LogP contribution in [0.4, 0.5) is 0 Å². The first-order chi connectivity index (χ1) is 7.63.